The lowest BCUT2D eigenvalue weighted by Crippen LogP contribution is -2.44. The van der Waals surface area contributed by atoms with Crippen LogP contribution in [-0.4, -0.2) is 44.6 Å². The van der Waals surface area contributed by atoms with Crippen molar-refractivity contribution >= 4 is 51.9 Å². The second-order valence-corrected chi connectivity index (χ2v) is 12.0. The van der Waals surface area contributed by atoms with Crippen LogP contribution in [0.15, 0.2) is 47.6 Å². The lowest BCUT2D eigenvalue weighted by molar-refractivity contribution is -0.140. The molecule has 1 atom stereocenters. The summed E-state index contributed by atoms with van der Waals surface area (Å²) in [7, 11) is 0. The lowest BCUT2D eigenvalue weighted by atomic mass is 9.93. The van der Waals surface area contributed by atoms with E-state index in [4.69, 9.17) is 16.6 Å². The number of hydrogen-bond donors (Lipinski definition) is 1. The van der Waals surface area contributed by atoms with Crippen molar-refractivity contribution < 1.29 is 9.59 Å². The van der Waals surface area contributed by atoms with Crippen molar-refractivity contribution in [2.24, 2.45) is 5.41 Å². The molecule has 186 valence electrons. The summed E-state index contributed by atoms with van der Waals surface area (Å²) < 4.78 is 2.27. The Kier molecular flexibility index (Phi) is 7.48. The number of benzene rings is 2. The quantitative estimate of drug-likeness (QED) is 0.406. The monoisotopic (exact) mass is 512 g/mol. The van der Waals surface area contributed by atoms with Gasteiger partial charge >= 0.3 is 0 Å². The number of rotatable bonds is 5. The molecule has 0 spiro atoms. The molecule has 2 heterocycles. The number of halogens is 1. The SMILES string of the molecule is Cc1ccc(NC(=O)C(C)Sc2nc3ccccc3n2C2CCN(C(=O)C(C)(C)C)CC2)c(Cl)c1. The van der Waals surface area contributed by atoms with Crippen molar-refractivity contribution in [3.63, 3.8) is 0 Å². The van der Waals surface area contributed by atoms with Gasteiger partial charge in [0.2, 0.25) is 11.8 Å². The van der Waals surface area contributed by atoms with Crippen molar-refractivity contribution in [2.75, 3.05) is 18.4 Å². The molecular weight excluding hydrogens is 480 g/mol. The molecule has 0 saturated carbocycles. The minimum atomic E-state index is -0.376. The van der Waals surface area contributed by atoms with Gasteiger partial charge in [-0.05, 0) is 56.5 Å². The van der Waals surface area contributed by atoms with Gasteiger partial charge in [-0.15, -0.1) is 0 Å². The maximum Gasteiger partial charge on any atom is 0.237 e. The average Bonchev–Trinajstić information content (AvgIpc) is 3.17. The third kappa shape index (κ3) is 5.67. The maximum atomic E-state index is 13.0. The molecule has 6 nitrogen and oxygen atoms in total. The molecule has 1 fully saturated rings. The highest BCUT2D eigenvalue weighted by molar-refractivity contribution is 8.00. The van der Waals surface area contributed by atoms with E-state index in [-0.39, 0.29) is 28.5 Å². The molecule has 8 heteroatoms. The van der Waals surface area contributed by atoms with Gasteiger partial charge in [-0.2, -0.15) is 0 Å². The van der Waals surface area contributed by atoms with Gasteiger partial charge in [0.25, 0.3) is 0 Å². The summed E-state index contributed by atoms with van der Waals surface area (Å²) in [4.78, 5) is 32.6. The molecule has 0 bridgehead atoms. The van der Waals surface area contributed by atoms with E-state index in [0.29, 0.717) is 10.7 Å². The predicted octanol–water partition coefficient (Wildman–Crippen LogP) is 6.33. The second-order valence-electron chi connectivity index (χ2n) is 10.3. The first-order valence-electron chi connectivity index (χ1n) is 12.0. The number of para-hydroxylation sites is 2. The maximum absolute atomic E-state index is 13.0. The molecule has 1 aliphatic heterocycles. The molecule has 1 unspecified atom stereocenters. The topological polar surface area (TPSA) is 67.2 Å². The van der Waals surface area contributed by atoms with Crippen LogP contribution < -0.4 is 5.32 Å². The number of piperidine rings is 1. The number of nitrogens with zero attached hydrogens (tertiary/aromatic N) is 3. The van der Waals surface area contributed by atoms with E-state index in [2.05, 4.69) is 16.0 Å². The van der Waals surface area contributed by atoms with Crippen LogP contribution in [-0.2, 0) is 9.59 Å². The fourth-order valence-electron chi connectivity index (χ4n) is 4.43. The minimum Gasteiger partial charge on any atom is -0.342 e. The van der Waals surface area contributed by atoms with E-state index >= 15 is 0 Å². The summed E-state index contributed by atoms with van der Waals surface area (Å²) >= 11 is 7.77. The lowest BCUT2D eigenvalue weighted by Gasteiger charge is -2.36. The van der Waals surface area contributed by atoms with Crippen LogP contribution in [0, 0.1) is 12.3 Å². The van der Waals surface area contributed by atoms with E-state index in [9.17, 15) is 9.59 Å². The second kappa shape index (κ2) is 10.2. The summed E-state index contributed by atoms with van der Waals surface area (Å²) in [6.07, 6.45) is 1.71. The van der Waals surface area contributed by atoms with Crippen molar-refractivity contribution in [3.05, 3.63) is 53.1 Å². The van der Waals surface area contributed by atoms with Crippen LogP contribution in [0.4, 0.5) is 5.69 Å². The number of imidazole rings is 1. The van der Waals surface area contributed by atoms with Gasteiger partial charge in [0.15, 0.2) is 5.16 Å². The van der Waals surface area contributed by atoms with Gasteiger partial charge in [-0.1, -0.05) is 62.3 Å². The zero-order valence-corrected chi connectivity index (χ0v) is 22.5. The molecule has 0 aliphatic carbocycles. The molecule has 1 N–H and O–H groups in total. The number of carbonyl (C=O) groups excluding carboxylic acids is 2. The Morgan fingerprint density at radius 1 is 1.14 bits per heavy atom. The van der Waals surface area contributed by atoms with E-state index in [1.54, 1.807) is 0 Å². The summed E-state index contributed by atoms with van der Waals surface area (Å²) in [5.41, 5.74) is 3.25. The molecule has 4 rings (SSSR count). The van der Waals surface area contributed by atoms with Gasteiger partial charge in [-0.25, -0.2) is 4.98 Å². The van der Waals surface area contributed by atoms with Crippen LogP contribution in [0.5, 0.6) is 0 Å². The number of nitrogens with one attached hydrogen (secondary N) is 1. The van der Waals surface area contributed by atoms with Gasteiger partial charge < -0.3 is 14.8 Å². The van der Waals surface area contributed by atoms with Crippen LogP contribution in [0.3, 0.4) is 0 Å². The Labute approximate surface area is 216 Å². The number of carbonyl (C=O) groups is 2. The minimum absolute atomic E-state index is 0.120. The predicted molar refractivity (Wildman–Crippen MR) is 144 cm³/mol. The van der Waals surface area contributed by atoms with Crippen molar-refractivity contribution in [1.82, 2.24) is 14.5 Å². The number of anilines is 1. The van der Waals surface area contributed by atoms with Crippen molar-refractivity contribution in [2.45, 2.75) is 63.9 Å². The fraction of sp³-hybridized carbons (Fsp3) is 0.444. The van der Waals surface area contributed by atoms with Gasteiger partial charge in [0.05, 0.1) is 27.0 Å². The molecule has 0 radical (unpaired) electrons. The number of likely N-dealkylation sites (tertiary alicyclic amines) is 1. The smallest absolute Gasteiger partial charge is 0.237 e. The third-order valence-electron chi connectivity index (χ3n) is 6.36. The Hall–Kier alpha value is -2.51. The molecule has 1 aliphatic rings. The zero-order chi connectivity index (χ0) is 25.3. The van der Waals surface area contributed by atoms with Crippen molar-refractivity contribution in [3.8, 4) is 0 Å². The Bertz CT molecular complexity index is 1240. The summed E-state index contributed by atoms with van der Waals surface area (Å²) in [5.74, 6) is 0.0750. The van der Waals surface area contributed by atoms with E-state index in [0.717, 1.165) is 47.7 Å². The largest absolute Gasteiger partial charge is 0.342 e. The first kappa shape index (κ1) is 25.6. The van der Waals surface area contributed by atoms with Crippen LogP contribution >= 0.6 is 23.4 Å². The van der Waals surface area contributed by atoms with E-state index < -0.39 is 0 Å². The summed E-state index contributed by atoms with van der Waals surface area (Å²) in [6.45, 7) is 11.2. The number of aryl methyl sites for hydroxylation is 1. The van der Waals surface area contributed by atoms with Gasteiger partial charge in [0.1, 0.15) is 0 Å². The molecule has 1 saturated heterocycles. The van der Waals surface area contributed by atoms with Gasteiger partial charge in [-0.3, -0.25) is 9.59 Å². The van der Waals surface area contributed by atoms with Crippen LogP contribution in [0.25, 0.3) is 11.0 Å². The Balaban J connectivity index is 1.53. The van der Waals surface area contributed by atoms with Crippen LogP contribution in [0.1, 0.15) is 52.1 Å². The molecular formula is C27H33ClN4O2S. The molecule has 2 aromatic carbocycles. The van der Waals surface area contributed by atoms with Crippen molar-refractivity contribution in [1.29, 1.82) is 0 Å². The van der Waals surface area contributed by atoms with E-state index in [1.165, 1.54) is 11.8 Å². The molecule has 3 aromatic rings. The highest BCUT2D eigenvalue weighted by atomic mass is 35.5. The normalized spacial score (nSPS) is 15.9. The Morgan fingerprint density at radius 2 is 1.83 bits per heavy atom. The number of hydrogen-bond acceptors (Lipinski definition) is 4. The number of aromatic nitrogens is 2. The first-order chi connectivity index (χ1) is 16.5. The number of amides is 2. The molecule has 2 amide bonds. The highest BCUT2D eigenvalue weighted by Crippen LogP contribution is 2.35. The summed E-state index contributed by atoms with van der Waals surface area (Å²) in [5, 5.41) is 3.93. The Morgan fingerprint density at radius 3 is 2.49 bits per heavy atom. The summed E-state index contributed by atoms with van der Waals surface area (Å²) in [6, 6.07) is 13.9. The zero-order valence-electron chi connectivity index (χ0n) is 21.0. The van der Waals surface area contributed by atoms with Crippen LogP contribution in [0.2, 0.25) is 5.02 Å². The average molecular weight is 513 g/mol. The first-order valence-corrected chi connectivity index (χ1v) is 13.3. The highest BCUT2D eigenvalue weighted by Gasteiger charge is 2.32. The standard InChI is InChI=1S/C27H33ClN4O2S/c1-17-10-11-21(20(28)16-17)29-24(33)18(2)35-26-30-22-8-6-7-9-23(22)32(26)19-12-14-31(15-13-19)25(34)27(3,4)5/h6-11,16,18-19H,12-15H2,1-5H3,(H,29,33). The molecule has 35 heavy (non-hydrogen) atoms. The third-order valence-corrected chi connectivity index (χ3v) is 7.73. The number of fused-ring (bicyclic) bond motifs is 1. The number of thioether (sulfide) groups is 1. The van der Waals surface area contributed by atoms with E-state index in [1.807, 2.05) is 75.9 Å². The molecule has 1 aromatic heterocycles. The fourth-order valence-corrected chi connectivity index (χ4v) is 5.70. The van der Waals surface area contributed by atoms with Gasteiger partial charge in [0, 0.05) is 24.5 Å².